The Morgan fingerprint density at radius 2 is 2.35 bits per heavy atom. The van der Waals surface area contributed by atoms with Crippen LogP contribution in [0.3, 0.4) is 0 Å². The third-order valence-electron chi connectivity index (χ3n) is 2.50. The Morgan fingerprint density at radius 3 is 3.00 bits per heavy atom. The maximum Gasteiger partial charge on any atom is 0.356 e. The van der Waals surface area contributed by atoms with Gasteiger partial charge in [-0.05, 0) is 41.0 Å². The van der Waals surface area contributed by atoms with Crippen molar-refractivity contribution in [2.75, 3.05) is 6.54 Å². The summed E-state index contributed by atoms with van der Waals surface area (Å²) in [5, 5.41) is 9.12. The fourth-order valence-electron chi connectivity index (χ4n) is 1.75. The summed E-state index contributed by atoms with van der Waals surface area (Å²) in [6.45, 7) is 0.561. The van der Waals surface area contributed by atoms with Crippen LogP contribution in [0.4, 0.5) is 0 Å². The number of nitrogens with two attached hydrogens (primary N) is 1. The van der Waals surface area contributed by atoms with Crippen LogP contribution in [-0.4, -0.2) is 27.0 Å². The molecule has 6 heteroatoms. The molecule has 0 saturated heterocycles. The van der Waals surface area contributed by atoms with Crippen molar-refractivity contribution >= 4 is 27.4 Å². The molecule has 0 unspecified atom stereocenters. The lowest BCUT2D eigenvalue weighted by atomic mass is 10.3. The number of aromatic nitrogens is 2. The molecule has 0 spiro atoms. The number of carboxylic acid groups (broad SMARTS) is 1. The Kier molecular flexibility index (Phi) is 3.44. The van der Waals surface area contributed by atoms with Gasteiger partial charge in [0, 0.05) is 17.1 Å². The van der Waals surface area contributed by atoms with E-state index in [2.05, 4.69) is 20.9 Å². The minimum absolute atomic E-state index is 0.0736. The van der Waals surface area contributed by atoms with E-state index in [1.165, 1.54) is 0 Å². The topological polar surface area (TPSA) is 80.6 Å². The van der Waals surface area contributed by atoms with Gasteiger partial charge in [-0.15, -0.1) is 0 Å². The van der Waals surface area contributed by atoms with Crippen LogP contribution >= 0.6 is 15.9 Å². The number of rotatable bonds is 4. The average molecular weight is 298 g/mol. The fraction of sp³-hybridized carbons (Fsp3) is 0.273. The number of fused-ring (bicyclic) bond motifs is 1. The number of pyridine rings is 1. The molecule has 5 nitrogen and oxygen atoms in total. The Labute approximate surface area is 106 Å². The van der Waals surface area contributed by atoms with Crippen molar-refractivity contribution in [3.05, 3.63) is 34.3 Å². The van der Waals surface area contributed by atoms with Gasteiger partial charge in [-0.1, -0.05) is 0 Å². The van der Waals surface area contributed by atoms with Gasteiger partial charge in [0.15, 0.2) is 5.69 Å². The first-order chi connectivity index (χ1) is 8.15. The van der Waals surface area contributed by atoms with Crippen LogP contribution < -0.4 is 5.73 Å². The van der Waals surface area contributed by atoms with E-state index in [0.717, 1.165) is 16.7 Å². The number of hydrogen-bond acceptors (Lipinski definition) is 3. The van der Waals surface area contributed by atoms with Crippen LogP contribution in [0.25, 0.3) is 5.52 Å². The number of aromatic carboxylic acids is 1. The molecule has 0 aliphatic rings. The van der Waals surface area contributed by atoms with Crippen LogP contribution in [-0.2, 0) is 6.42 Å². The smallest absolute Gasteiger partial charge is 0.356 e. The maximum atomic E-state index is 11.1. The summed E-state index contributed by atoms with van der Waals surface area (Å²) in [6, 6.07) is 3.65. The maximum absolute atomic E-state index is 11.1. The van der Waals surface area contributed by atoms with Crippen molar-refractivity contribution in [1.82, 2.24) is 9.38 Å². The number of hydrogen-bond donors (Lipinski definition) is 2. The molecule has 2 rings (SSSR count). The zero-order valence-electron chi connectivity index (χ0n) is 9.06. The lowest BCUT2D eigenvalue weighted by molar-refractivity contribution is 0.0693. The van der Waals surface area contributed by atoms with Gasteiger partial charge in [0.05, 0.1) is 5.52 Å². The van der Waals surface area contributed by atoms with Crippen molar-refractivity contribution in [3.63, 3.8) is 0 Å². The highest BCUT2D eigenvalue weighted by molar-refractivity contribution is 9.10. The van der Waals surface area contributed by atoms with Crippen molar-refractivity contribution in [2.24, 2.45) is 5.73 Å². The molecule has 0 saturated carbocycles. The van der Waals surface area contributed by atoms with Crippen molar-refractivity contribution in [1.29, 1.82) is 0 Å². The van der Waals surface area contributed by atoms with E-state index < -0.39 is 5.97 Å². The number of halogens is 1. The summed E-state index contributed by atoms with van der Waals surface area (Å²) in [7, 11) is 0. The zero-order valence-corrected chi connectivity index (χ0v) is 10.6. The second-order valence-corrected chi connectivity index (χ2v) is 4.50. The summed E-state index contributed by atoms with van der Waals surface area (Å²) in [4.78, 5) is 15.3. The minimum Gasteiger partial charge on any atom is -0.476 e. The summed E-state index contributed by atoms with van der Waals surface area (Å²) >= 11 is 3.35. The molecule has 0 amide bonds. The lowest BCUT2D eigenvalue weighted by Crippen LogP contribution is -2.03. The number of imidazole rings is 1. The van der Waals surface area contributed by atoms with Crippen LogP contribution in [0.15, 0.2) is 22.8 Å². The fourth-order valence-corrected chi connectivity index (χ4v) is 2.28. The van der Waals surface area contributed by atoms with E-state index in [1.807, 2.05) is 12.3 Å². The third kappa shape index (κ3) is 2.18. The first kappa shape index (κ1) is 12.1. The van der Waals surface area contributed by atoms with Gasteiger partial charge >= 0.3 is 5.97 Å². The standard InChI is InChI=1S/C11H12BrN3O2/c12-7-3-2-6-15-8(4-1-5-13)14-9(10(7)15)11(16)17/h2-3,6H,1,4-5,13H2,(H,16,17). The quantitative estimate of drug-likeness (QED) is 0.900. The Morgan fingerprint density at radius 1 is 1.59 bits per heavy atom. The third-order valence-corrected chi connectivity index (χ3v) is 3.14. The molecule has 2 heterocycles. The number of carbonyl (C=O) groups is 1. The van der Waals surface area contributed by atoms with E-state index in [9.17, 15) is 4.79 Å². The summed E-state index contributed by atoms with van der Waals surface area (Å²) in [5.74, 6) is -0.294. The molecule has 2 aromatic heterocycles. The molecule has 0 bridgehead atoms. The first-order valence-electron chi connectivity index (χ1n) is 5.24. The second-order valence-electron chi connectivity index (χ2n) is 3.65. The van der Waals surface area contributed by atoms with E-state index in [1.54, 1.807) is 10.5 Å². The van der Waals surface area contributed by atoms with Gasteiger partial charge in [-0.25, -0.2) is 9.78 Å². The van der Waals surface area contributed by atoms with Gasteiger partial charge < -0.3 is 15.2 Å². The molecule has 0 atom stereocenters. The molecule has 0 aliphatic carbocycles. The molecule has 2 aromatic rings. The van der Waals surface area contributed by atoms with Gasteiger partial charge in [-0.3, -0.25) is 0 Å². The lowest BCUT2D eigenvalue weighted by Gasteiger charge is -2.00. The van der Waals surface area contributed by atoms with E-state index in [-0.39, 0.29) is 5.69 Å². The Hall–Kier alpha value is -1.40. The molecule has 0 aromatic carbocycles. The highest BCUT2D eigenvalue weighted by Crippen LogP contribution is 2.23. The highest BCUT2D eigenvalue weighted by Gasteiger charge is 2.18. The largest absolute Gasteiger partial charge is 0.476 e. The number of carboxylic acids is 1. The van der Waals surface area contributed by atoms with Crippen LogP contribution in [0.1, 0.15) is 22.7 Å². The molecule has 0 fully saturated rings. The normalized spacial score (nSPS) is 10.9. The van der Waals surface area contributed by atoms with Crippen molar-refractivity contribution < 1.29 is 9.90 Å². The van der Waals surface area contributed by atoms with Gasteiger partial charge in [0.25, 0.3) is 0 Å². The molecule has 0 aliphatic heterocycles. The van der Waals surface area contributed by atoms with Crippen molar-refractivity contribution in [2.45, 2.75) is 12.8 Å². The monoisotopic (exact) mass is 297 g/mol. The van der Waals surface area contributed by atoms with Crippen LogP contribution in [0.5, 0.6) is 0 Å². The minimum atomic E-state index is -1.02. The summed E-state index contributed by atoms with van der Waals surface area (Å²) in [6.07, 6.45) is 3.26. The van der Waals surface area contributed by atoms with E-state index in [0.29, 0.717) is 18.5 Å². The first-order valence-corrected chi connectivity index (χ1v) is 6.03. The molecule has 0 radical (unpaired) electrons. The Balaban J connectivity index is 2.62. The predicted molar refractivity (Wildman–Crippen MR) is 67.2 cm³/mol. The molecule has 90 valence electrons. The predicted octanol–water partition coefficient (Wildman–Crippen LogP) is 1.69. The Bertz CT molecular complexity index is 565. The molecular weight excluding hydrogens is 286 g/mol. The highest BCUT2D eigenvalue weighted by atomic mass is 79.9. The van der Waals surface area contributed by atoms with Crippen molar-refractivity contribution in [3.8, 4) is 0 Å². The van der Waals surface area contributed by atoms with E-state index >= 15 is 0 Å². The van der Waals surface area contributed by atoms with Crippen LogP contribution in [0.2, 0.25) is 0 Å². The van der Waals surface area contributed by atoms with Gasteiger partial charge in [-0.2, -0.15) is 0 Å². The second kappa shape index (κ2) is 4.85. The van der Waals surface area contributed by atoms with Gasteiger partial charge in [0.1, 0.15) is 5.82 Å². The number of nitrogens with zero attached hydrogens (tertiary/aromatic N) is 2. The van der Waals surface area contributed by atoms with Gasteiger partial charge in [0.2, 0.25) is 0 Å². The summed E-state index contributed by atoms with van der Waals surface area (Å²) < 4.78 is 2.52. The molecule has 17 heavy (non-hydrogen) atoms. The molecular formula is C11H12BrN3O2. The molecule has 3 N–H and O–H groups in total. The zero-order chi connectivity index (χ0) is 12.4. The van der Waals surface area contributed by atoms with Crippen LogP contribution in [0, 0.1) is 0 Å². The summed E-state index contributed by atoms with van der Waals surface area (Å²) in [5.41, 5.74) is 6.12. The van der Waals surface area contributed by atoms with E-state index in [4.69, 9.17) is 10.8 Å². The SMILES string of the molecule is NCCCc1nc(C(=O)O)c2c(Br)cccn12. The number of aryl methyl sites for hydroxylation is 1. The average Bonchev–Trinajstić information content (AvgIpc) is 2.67.